The third-order valence-electron chi connectivity index (χ3n) is 4.05. The van der Waals surface area contributed by atoms with Crippen LogP contribution in [0.3, 0.4) is 0 Å². The second-order valence-electron chi connectivity index (χ2n) is 5.49. The second kappa shape index (κ2) is 5.53. The van der Waals surface area contributed by atoms with Crippen molar-refractivity contribution in [2.45, 2.75) is 45.3 Å². The van der Waals surface area contributed by atoms with Crippen LogP contribution in [-0.2, 0) is 6.42 Å². The van der Waals surface area contributed by atoms with Gasteiger partial charge in [0.1, 0.15) is 0 Å². The predicted molar refractivity (Wildman–Crippen MR) is 70.2 cm³/mol. The summed E-state index contributed by atoms with van der Waals surface area (Å²) in [5, 5.41) is 3.22. The Bertz CT molecular complexity index is 419. The average Bonchev–Trinajstić information content (AvgIpc) is 2.33. The van der Waals surface area contributed by atoms with E-state index in [9.17, 15) is 13.2 Å². The fourth-order valence-electron chi connectivity index (χ4n) is 2.88. The van der Waals surface area contributed by atoms with E-state index in [2.05, 4.69) is 5.32 Å². The number of aryl methyl sites for hydroxylation is 2. The first-order chi connectivity index (χ1) is 8.88. The first-order valence-corrected chi connectivity index (χ1v) is 6.73. The molecule has 106 valence electrons. The lowest BCUT2D eigenvalue weighted by atomic mass is 9.87. The number of halogens is 3. The van der Waals surface area contributed by atoms with Crippen LogP contribution in [-0.4, -0.2) is 18.8 Å². The van der Waals surface area contributed by atoms with Gasteiger partial charge in [0.2, 0.25) is 0 Å². The predicted octanol–water partition coefficient (Wildman–Crippen LogP) is 3.78. The Kier molecular flexibility index (Phi) is 4.19. The van der Waals surface area contributed by atoms with E-state index in [-0.39, 0.29) is 18.9 Å². The Balaban J connectivity index is 2.07. The number of hydrogen-bond acceptors (Lipinski definition) is 1. The first-order valence-electron chi connectivity index (χ1n) is 6.73. The maximum absolute atomic E-state index is 12.8. The molecular formula is C15H20F3N. The van der Waals surface area contributed by atoms with Gasteiger partial charge in [-0.2, -0.15) is 13.2 Å². The molecule has 2 unspecified atom stereocenters. The zero-order chi connectivity index (χ0) is 14.0. The van der Waals surface area contributed by atoms with E-state index in [1.54, 1.807) is 0 Å². The molecule has 1 N–H and O–H groups in total. The zero-order valence-electron chi connectivity index (χ0n) is 11.3. The average molecular weight is 271 g/mol. The molecule has 1 fully saturated rings. The molecule has 1 nitrogen and oxygen atoms in total. The van der Waals surface area contributed by atoms with E-state index < -0.39 is 12.1 Å². The summed E-state index contributed by atoms with van der Waals surface area (Å²) in [6, 6.07) is 5.96. The molecule has 1 heterocycles. The minimum absolute atomic E-state index is 0.0693. The molecule has 2 rings (SSSR count). The summed E-state index contributed by atoms with van der Waals surface area (Å²) >= 11 is 0. The highest BCUT2D eigenvalue weighted by Gasteiger charge is 2.42. The molecule has 2 atom stereocenters. The van der Waals surface area contributed by atoms with Crippen LogP contribution in [0.2, 0.25) is 0 Å². The number of rotatable bonds is 2. The zero-order valence-corrected chi connectivity index (χ0v) is 11.3. The van der Waals surface area contributed by atoms with Crippen molar-refractivity contribution in [3.05, 3.63) is 34.9 Å². The van der Waals surface area contributed by atoms with E-state index in [0.717, 1.165) is 11.1 Å². The van der Waals surface area contributed by atoms with Crippen LogP contribution < -0.4 is 5.32 Å². The quantitative estimate of drug-likeness (QED) is 0.863. The number of nitrogens with one attached hydrogen (secondary N) is 1. The van der Waals surface area contributed by atoms with Gasteiger partial charge in [-0.05, 0) is 56.3 Å². The molecule has 4 heteroatoms. The third kappa shape index (κ3) is 3.50. The Hall–Kier alpha value is -1.03. The third-order valence-corrected chi connectivity index (χ3v) is 4.05. The molecule has 1 aromatic rings. The summed E-state index contributed by atoms with van der Waals surface area (Å²) in [7, 11) is 0. The van der Waals surface area contributed by atoms with E-state index in [1.165, 1.54) is 5.56 Å². The van der Waals surface area contributed by atoms with E-state index in [1.807, 2.05) is 32.0 Å². The lowest BCUT2D eigenvalue weighted by Crippen LogP contribution is -2.44. The molecule has 1 saturated heterocycles. The lowest BCUT2D eigenvalue weighted by Gasteiger charge is -2.32. The molecule has 19 heavy (non-hydrogen) atoms. The monoisotopic (exact) mass is 271 g/mol. The van der Waals surface area contributed by atoms with Crippen molar-refractivity contribution in [3.8, 4) is 0 Å². The van der Waals surface area contributed by atoms with E-state index in [4.69, 9.17) is 0 Å². The lowest BCUT2D eigenvalue weighted by molar-refractivity contribution is -0.183. The van der Waals surface area contributed by atoms with Gasteiger partial charge in [-0.15, -0.1) is 0 Å². The normalized spacial score (nSPS) is 24.5. The second-order valence-corrected chi connectivity index (χ2v) is 5.49. The highest BCUT2D eigenvalue weighted by atomic mass is 19.4. The van der Waals surface area contributed by atoms with Gasteiger partial charge in [0.25, 0.3) is 0 Å². The summed E-state index contributed by atoms with van der Waals surface area (Å²) in [5.74, 6) is -1.15. The number of piperidine rings is 1. The van der Waals surface area contributed by atoms with E-state index in [0.29, 0.717) is 13.0 Å². The van der Waals surface area contributed by atoms with Crippen molar-refractivity contribution in [1.29, 1.82) is 0 Å². The van der Waals surface area contributed by atoms with Gasteiger partial charge in [-0.3, -0.25) is 0 Å². The van der Waals surface area contributed by atoms with Crippen molar-refractivity contribution < 1.29 is 13.2 Å². The van der Waals surface area contributed by atoms with Gasteiger partial charge in [0.05, 0.1) is 5.92 Å². The maximum atomic E-state index is 12.8. The standard InChI is InChI=1S/C15H20F3N/c1-10-4-3-5-11(2)14(10)9-13-8-12(6-7-19-13)15(16,17)18/h3-5,12-13,19H,6-9H2,1-2H3. The Morgan fingerprint density at radius 2 is 1.84 bits per heavy atom. The van der Waals surface area contributed by atoms with Gasteiger partial charge in [-0.25, -0.2) is 0 Å². The van der Waals surface area contributed by atoms with Crippen LogP contribution in [0.25, 0.3) is 0 Å². The minimum Gasteiger partial charge on any atom is -0.314 e. The number of alkyl halides is 3. The summed E-state index contributed by atoms with van der Waals surface area (Å²) < 4.78 is 38.4. The van der Waals surface area contributed by atoms with Crippen molar-refractivity contribution in [1.82, 2.24) is 5.32 Å². The molecule has 1 aromatic carbocycles. The largest absolute Gasteiger partial charge is 0.391 e. The molecule has 1 aliphatic heterocycles. The van der Waals surface area contributed by atoms with Gasteiger partial charge in [0.15, 0.2) is 0 Å². The van der Waals surface area contributed by atoms with Crippen LogP contribution in [0.15, 0.2) is 18.2 Å². The molecule has 1 aliphatic rings. The summed E-state index contributed by atoms with van der Waals surface area (Å²) in [6.45, 7) is 4.50. The van der Waals surface area contributed by atoms with Gasteiger partial charge in [-0.1, -0.05) is 18.2 Å². The topological polar surface area (TPSA) is 12.0 Å². The van der Waals surface area contributed by atoms with Crippen LogP contribution >= 0.6 is 0 Å². The first kappa shape index (κ1) is 14.4. The fraction of sp³-hybridized carbons (Fsp3) is 0.600. The van der Waals surface area contributed by atoms with Crippen molar-refractivity contribution in [2.24, 2.45) is 5.92 Å². The van der Waals surface area contributed by atoms with E-state index >= 15 is 0 Å². The molecule has 0 aromatic heterocycles. The molecule has 0 spiro atoms. The van der Waals surface area contributed by atoms with Gasteiger partial charge >= 0.3 is 6.18 Å². The van der Waals surface area contributed by atoms with Gasteiger partial charge < -0.3 is 5.32 Å². The summed E-state index contributed by atoms with van der Waals surface area (Å²) in [5.41, 5.74) is 3.51. The Morgan fingerprint density at radius 1 is 1.21 bits per heavy atom. The Morgan fingerprint density at radius 3 is 2.42 bits per heavy atom. The highest BCUT2D eigenvalue weighted by Crippen LogP contribution is 2.35. The van der Waals surface area contributed by atoms with Crippen molar-refractivity contribution >= 4 is 0 Å². The van der Waals surface area contributed by atoms with Crippen LogP contribution in [0.1, 0.15) is 29.5 Å². The smallest absolute Gasteiger partial charge is 0.314 e. The maximum Gasteiger partial charge on any atom is 0.391 e. The van der Waals surface area contributed by atoms with Crippen LogP contribution in [0.4, 0.5) is 13.2 Å². The highest BCUT2D eigenvalue weighted by molar-refractivity contribution is 5.34. The van der Waals surface area contributed by atoms with Gasteiger partial charge in [0, 0.05) is 6.04 Å². The van der Waals surface area contributed by atoms with Crippen LogP contribution in [0, 0.1) is 19.8 Å². The molecule has 0 aliphatic carbocycles. The summed E-state index contributed by atoms with van der Waals surface area (Å²) in [4.78, 5) is 0. The van der Waals surface area contributed by atoms with Crippen molar-refractivity contribution in [3.63, 3.8) is 0 Å². The van der Waals surface area contributed by atoms with Crippen molar-refractivity contribution in [2.75, 3.05) is 6.54 Å². The minimum atomic E-state index is -4.05. The molecule has 0 amide bonds. The fourth-order valence-corrected chi connectivity index (χ4v) is 2.88. The Labute approximate surface area is 112 Å². The molecular weight excluding hydrogens is 251 g/mol. The molecule has 0 saturated carbocycles. The van der Waals surface area contributed by atoms with Crippen LogP contribution in [0.5, 0.6) is 0 Å². The number of benzene rings is 1. The molecule has 0 radical (unpaired) electrons. The summed E-state index contributed by atoms with van der Waals surface area (Å²) in [6.07, 6.45) is -2.98. The molecule has 0 bridgehead atoms. The number of hydrogen-bond donors (Lipinski definition) is 1. The SMILES string of the molecule is Cc1cccc(C)c1CC1CC(C(F)(F)F)CCN1.